The van der Waals surface area contributed by atoms with Crippen LogP contribution in [0.2, 0.25) is 5.15 Å². The third kappa shape index (κ3) is 2.73. The Morgan fingerprint density at radius 1 is 1.67 bits per heavy atom. The zero-order valence-corrected chi connectivity index (χ0v) is 10.9. The lowest BCUT2D eigenvalue weighted by molar-refractivity contribution is -0.0107. The van der Waals surface area contributed by atoms with E-state index in [9.17, 15) is 9.90 Å². The van der Waals surface area contributed by atoms with Gasteiger partial charge in [0, 0.05) is 13.1 Å². The molecule has 0 aromatic carbocycles. The van der Waals surface area contributed by atoms with E-state index in [0.29, 0.717) is 30.8 Å². The van der Waals surface area contributed by atoms with Crippen molar-refractivity contribution >= 4 is 23.2 Å². The summed E-state index contributed by atoms with van der Waals surface area (Å²) in [6, 6.07) is 1.46. The van der Waals surface area contributed by atoms with E-state index >= 15 is 0 Å². The Balaban J connectivity index is 2.23. The molecule has 6 heteroatoms. The maximum absolute atomic E-state index is 12.3. The smallest absolute Gasteiger partial charge is 0.256 e. The first-order valence-corrected chi connectivity index (χ1v) is 6.19. The number of aliphatic hydroxyl groups is 1. The number of β-amino-alcohol motifs (C(OH)–C–C–N with tert-alkyl or cyclic N) is 1. The number of hydrogen-bond donors (Lipinski definition) is 2. The first-order valence-electron chi connectivity index (χ1n) is 5.82. The second-order valence-corrected chi connectivity index (χ2v) is 5.31. The molecule has 0 aliphatic carbocycles. The normalized spacial score (nSPS) is 24.1. The van der Waals surface area contributed by atoms with E-state index in [0.717, 1.165) is 6.42 Å². The maximum atomic E-state index is 12.3. The predicted molar refractivity (Wildman–Crippen MR) is 69.4 cm³/mol. The van der Waals surface area contributed by atoms with Gasteiger partial charge in [0.2, 0.25) is 0 Å². The van der Waals surface area contributed by atoms with Crippen molar-refractivity contribution in [2.45, 2.75) is 25.4 Å². The average molecular weight is 270 g/mol. The fourth-order valence-corrected chi connectivity index (χ4v) is 2.35. The molecule has 1 aromatic heterocycles. The fraction of sp³-hybridized carbons (Fsp3) is 0.500. The van der Waals surface area contributed by atoms with Gasteiger partial charge in [0.05, 0.1) is 23.0 Å². The zero-order chi connectivity index (χ0) is 13.3. The molecule has 3 N–H and O–H groups in total. The van der Waals surface area contributed by atoms with Crippen LogP contribution in [0, 0.1) is 0 Å². The Morgan fingerprint density at radius 2 is 2.39 bits per heavy atom. The van der Waals surface area contributed by atoms with Crippen LogP contribution < -0.4 is 5.73 Å². The third-order valence-electron chi connectivity index (χ3n) is 3.09. The van der Waals surface area contributed by atoms with E-state index < -0.39 is 5.60 Å². The monoisotopic (exact) mass is 269 g/mol. The van der Waals surface area contributed by atoms with Crippen molar-refractivity contribution in [1.29, 1.82) is 0 Å². The molecule has 1 aliphatic heterocycles. The standard InChI is InChI=1S/C12H16ClN3O2/c1-12(18)3-2-4-16(7-12)11(17)8-5-10(13)15-6-9(8)14/h5-6,18H,2-4,7,14H2,1H3. The molecule has 1 unspecified atom stereocenters. The molecular weight excluding hydrogens is 254 g/mol. The van der Waals surface area contributed by atoms with Crippen LogP contribution in [0.4, 0.5) is 5.69 Å². The molecule has 0 bridgehead atoms. The number of aromatic nitrogens is 1. The minimum Gasteiger partial charge on any atom is -0.397 e. The highest BCUT2D eigenvalue weighted by Gasteiger charge is 2.31. The number of rotatable bonds is 1. The molecule has 0 spiro atoms. The van der Waals surface area contributed by atoms with Crippen molar-refractivity contribution in [3.63, 3.8) is 0 Å². The Hall–Kier alpha value is -1.33. The van der Waals surface area contributed by atoms with Crippen molar-refractivity contribution in [1.82, 2.24) is 9.88 Å². The maximum Gasteiger partial charge on any atom is 0.256 e. The van der Waals surface area contributed by atoms with Gasteiger partial charge in [-0.25, -0.2) is 4.98 Å². The summed E-state index contributed by atoms with van der Waals surface area (Å²) in [6.45, 7) is 2.66. The van der Waals surface area contributed by atoms with Crippen molar-refractivity contribution < 1.29 is 9.90 Å². The van der Waals surface area contributed by atoms with E-state index in [1.165, 1.54) is 12.3 Å². The summed E-state index contributed by atoms with van der Waals surface area (Å²) in [4.78, 5) is 17.7. The number of likely N-dealkylation sites (tertiary alicyclic amines) is 1. The molecule has 0 saturated carbocycles. The van der Waals surface area contributed by atoms with Gasteiger partial charge in [-0.2, -0.15) is 0 Å². The van der Waals surface area contributed by atoms with Crippen LogP contribution in [0.1, 0.15) is 30.1 Å². The molecular formula is C12H16ClN3O2. The first kappa shape index (κ1) is 13.1. The average Bonchev–Trinajstić information content (AvgIpc) is 2.30. The number of amides is 1. The van der Waals surface area contributed by atoms with Gasteiger partial charge in [-0.15, -0.1) is 0 Å². The highest BCUT2D eigenvalue weighted by Crippen LogP contribution is 2.24. The first-order chi connectivity index (χ1) is 8.39. The molecule has 18 heavy (non-hydrogen) atoms. The lowest BCUT2D eigenvalue weighted by atomic mass is 9.94. The molecule has 98 valence electrons. The zero-order valence-electron chi connectivity index (χ0n) is 10.2. The SMILES string of the molecule is CC1(O)CCCN(C(=O)c2cc(Cl)ncc2N)C1. The van der Waals surface area contributed by atoms with Crippen molar-refractivity contribution in [2.24, 2.45) is 0 Å². The Bertz CT molecular complexity index is 476. The predicted octanol–water partition coefficient (Wildman–Crippen LogP) is 1.30. The van der Waals surface area contributed by atoms with Crippen LogP contribution in [0.25, 0.3) is 0 Å². The summed E-state index contributed by atoms with van der Waals surface area (Å²) in [5, 5.41) is 10.2. The summed E-state index contributed by atoms with van der Waals surface area (Å²) in [7, 11) is 0. The molecule has 1 saturated heterocycles. The van der Waals surface area contributed by atoms with Crippen LogP contribution in [0.15, 0.2) is 12.3 Å². The lowest BCUT2D eigenvalue weighted by Gasteiger charge is -2.37. The summed E-state index contributed by atoms with van der Waals surface area (Å²) in [5.41, 5.74) is 5.54. The largest absolute Gasteiger partial charge is 0.397 e. The van der Waals surface area contributed by atoms with Gasteiger partial charge in [0.1, 0.15) is 5.15 Å². The second-order valence-electron chi connectivity index (χ2n) is 4.92. The van der Waals surface area contributed by atoms with Gasteiger partial charge in [0.15, 0.2) is 0 Å². The number of nitrogen functional groups attached to an aromatic ring is 1. The van der Waals surface area contributed by atoms with Gasteiger partial charge >= 0.3 is 0 Å². The van der Waals surface area contributed by atoms with Gasteiger partial charge in [-0.3, -0.25) is 4.79 Å². The minimum absolute atomic E-state index is 0.211. The molecule has 5 nitrogen and oxygen atoms in total. The fourth-order valence-electron chi connectivity index (χ4n) is 2.19. The number of anilines is 1. The highest BCUT2D eigenvalue weighted by molar-refractivity contribution is 6.29. The molecule has 1 atom stereocenters. The van der Waals surface area contributed by atoms with E-state index in [1.54, 1.807) is 11.8 Å². The van der Waals surface area contributed by atoms with Crippen LogP contribution in [0.3, 0.4) is 0 Å². The number of piperidine rings is 1. The summed E-state index contributed by atoms with van der Waals surface area (Å²) < 4.78 is 0. The molecule has 0 radical (unpaired) electrons. The quantitative estimate of drug-likeness (QED) is 0.753. The number of nitrogens with two attached hydrogens (primary N) is 1. The van der Waals surface area contributed by atoms with Crippen molar-refractivity contribution in [3.05, 3.63) is 23.0 Å². The van der Waals surface area contributed by atoms with Gasteiger partial charge in [-0.05, 0) is 25.8 Å². The van der Waals surface area contributed by atoms with Crippen LogP contribution >= 0.6 is 11.6 Å². The summed E-state index contributed by atoms with van der Waals surface area (Å²) >= 11 is 5.77. The van der Waals surface area contributed by atoms with Gasteiger partial charge in [-0.1, -0.05) is 11.6 Å². The van der Waals surface area contributed by atoms with Crippen molar-refractivity contribution in [2.75, 3.05) is 18.8 Å². The number of nitrogens with zero attached hydrogens (tertiary/aromatic N) is 2. The van der Waals surface area contributed by atoms with Crippen LogP contribution in [-0.4, -0.2) is 39.6 Å². The Labute approximate surface area is 111 Å². The van der Waals surface area contributed by atoms with Crippen LogP contribution in [-0.2, 0) is 0 Å². The molecule has 1 amide bonds. The number of halogens is 1. The number of carbonyl (C=O) groups is 1. The Kier molecular flexibility index (Phi) is 3.45. The Morgan fingerprint density at radius 3 is 3.06 bits per heavy atom. The van der Waals surface area contributed by atoms with E-state index in [-0.39, 0.29) is 11.1 Å². The highest BCUT2D eigenvalue weighted by atomic mass is 35.5. The summed E-state index contributed by atoms with van der Waals surface area (Å²) in [6.07, 6.45) is 2.85. The number of carbonyl (C=O) groups excluding carboxylic acids is 1. The molecule has 2 rings (SSSR count). The molecule has 1 aliphatic rings. The number of hydrogen-bond acceptors (Lipinski definition) is 4. The van der Waals surface area contributed by atoms with Gasteiger partial charge < -0.3 is 15.7 Å². The lowest BCUT2D eigenvalue weighted by Crippen LogP contribution is -2.48. The molecule has 1 aromatic rings. The van der Waals surface area contributed by atoms with E-state index in [4.69, 9.17) is 17.3 Å². The van der Waals surface area contributed by atoms with Crippen molar-refractivity contribution in [3.8, 4) is 0 Å². The van der Waals surface area contributed by atoms with Gasteiger partial charge in [0.25, 0.3) is 5.91 Å². The van der Waals surface area contributed by atoms with Crippen LogP contribution in [0.5, 0.6) is 0 Å². The summed E-state index contributed by atoms with van der Waals surface area (Å²) in [5.74, 6) is -0.211. The van der Waals surface area contributed by atoms with E-state index in [2.05, 4.69) is 4.98 Å². The molecule has 1 fully saturated rings. The molecule has 2 heterocycles. The minimum atomic E-state index is -0.834. The number of pyridine rings is 1. The topological polar surface area (TPSA) is 79.5 Å². The third-order valence-corrected chi connectivity index (χ3v) is 3.30. The second kappa shape index (κ2) is 4.74. The van der Waals surface area contributed by atoms with E-state index in [1.807, 2.05) is 0 Å².